The first-order chi connectivity index (χ1) is 10.5. The zero-order valence-electron chi connectivity index (χ0n) is 12.5. The van der Waals surface area contributed by atoms with E-state index in [0.29, 0.717) is 24.0 Å². The molecule has 6 heteroatoms. The number of hydrogen-bond donors (Lipinski definition) is 2. The van der Waals surface area contributed by atoms with Crippen LogP contribution in [0, 0.1) is 0 Å². The van der Waals surface area contributed by atoms with Crippen LogP contribution < -0.4 is 11.1 Å². The molecule has 22 heavy (non-hydrogen) atoms. The molecule has 0 aliphatic rings. The van der Waals surface area contributed by atoms with E-state index in [4.69, 9.17) is 10.5 Å². The minimum absolute atomic E-state index is 0.243. The Balaban J connectivity index is 2.78. The molecule has 3 N–H and O–H groups in total. The van der Waals surface area contributed by atoms with Crippen LogP contribution in [0.25, 0.3) is 0 Å². The van der Waals surface area contributed by atoms with Gasteiger partial charge in [-0.2, -0.15) is 0 Å². The van der Waals surface area contributed by atoms with E-state index in [-0.39, 0.29) is 6.61 Å². The SMILES string of the molecule is C=CCCC(NC(=O)c1ccc(C(N)=O)cc1)C(=O)OCC. The van der Waals surface area contributed by atoms with Gasteiger partial charge in [-0.05, 0) is 44.0 Å². The molecule has 0 spiro atoms. The van der Waals surface area contributed by atoms with Crippen LogP contribution in [0.2, 0.25) is 0 Å². The summed E-state index contributed by atoms with van der Waals surface area (Å²) in [4.78, 5) is 35.0. The Morgan fingerprint density at radius 3 is 2.36 bits per heavy atom. The van der Waals surface area contributed by atoms with Gasteiger partial charge in [0.1, 0.15) is 6.04 Å². The first kappa shape index (κ1) is 17.4. The summed E-state index contributed by atoms with van der Waals surface area (Å²) in [6, 6.07) is 5.14. The highest BCUT2D eigenvalue weighted by atomic mass is 16.5. The number of rotatable bonds is 8. The summed E-state index contributed by atoms with van der Waals surface area (Å²) < 4.78 is 4.94. The molecule has 1 aromatic rings. The standard InChI is InChI=1S/C16H20N2O4/c1-3-5-6-13(16(21)22-4-2)18-15(20)12-9-7-11(8-10-12)14(17)19/h3,7-10,13H,1,4-6H2,2H3,(H2,17,19)(H,18,20). The third-order valence-corrected chi connectivity index (χ3v) is 2.97. The predicted molar refractivity (Wildman–Crippen MR) is 82.3 cm³/mol. The van der Waals surface area contributed by atoms with Gasteiger partial charge in [0.15, 0.2) is 0 Å². The molecule has 0 fully saturated rings. The van der Waals surface area contributed by atoms with Gasteiger partial charge < -0.3 is 15.8 Å². The molecule has 118 valence electrons. The second-order valence-electron chi connectivity index (χ2n) is 4.59. The van der Waals surface area contributed by atoms with Crippen molar-refractivity contribution in [3.8, 4) is 0 Å². The Morgan fingerprint density at radius 1 is 1.27 bits per heavy atom. The van der Waals surface area contributed by atoms with Gasteiger partial charge in [0.25, 0.3) is 5.91 Å². The second-order valence-corrected chi connectivity index (χ2v) is 4.59. The number of esters is 1. The summed E-state index contributed by atoms with van der Waals surface area (Å²) in [6.45, 7) is 5.54. The Bertz CT molecular complexity index is 552. The van der Waals surface area contributed by atoms with E-state index < -0.39 is 23.8 Å². The lowest BCUT2D eigenvalue weighted by Gasteiger charge is -2.16. The normalized spacial score (nSPS) is 11.3. The molecule has 0 aliphatic carbocycles. The average Bonchev–Trinajstić information content (AvgIpc) is 2.51. The fraction of sp³-hybridized carbons (Fsp3) is 0.312. The van der Waals surface area contributed by atoms with Crippen molar-refractivity contribution in [2.45, 2.75) is 25.8 Å². The predicted octanol–water partition coefficient (Wildman–Crippen LogP) is 1.41. The fourth-order valence-electron chi connectivity index (χ4n) is 1.80. The molecule has 0 saturated carbocycles. The van der Waals surface area contributed by atoms with Gasteiger partial charge in [0, 0.05) is 11.1 Å². The largest absolute Gasteiger partial charge is 0.464 e. The van der Waals surface area contributed by atoms with Crippen molar-refractivity contribution in [2.75, 3.05) is 6.61 Å². The zero-order chi connectivity index (χ0) is 16.5. The molecule has 0 heterocycles. The smallest absolute Gasteiger partial charge is 0.328 e. The summed E-state index contributed by atoms with van der Waals surface area (Å²) in [5.41, 5.74) is 5.78. The summed E-state index contributed by atoms with van der Waals surface area (Å²) in [5, 5.41) is 2.62. The fourth-order valence-corrected chi connectivity index (χ4v) is 1.80. The van der Waals surface area contributed by atoms with Gasteiger partial charge in [-0.25, -0.2) is 4.79 Å². The Hall–Kier alpha value is -2.63. The Labute approximate surface area is 129 Å². The number of nitrogens with one attached hydrogen (secondary N) is 1. The highest BCUT2D eigenvalue weighted by molar-refractivity contribution is 5.98. The first-order valence-corrected chi connectivity index (χ1v) is 6.97. The quantitative estimate of drug-likeness (QED) is 0.560. The van der Waals surface area contributed by atoms with Gasteiger partial charge in [-0.15, -0.1) is 6.58 Å². The van der Waals surface area contributed by atoms with Crippen LogP contribution in [-0.2, 0) is 9.53 Å². The van der Waals surface area contributed by atoms with Crippen molar-refractivity contribution >= 4 is 17.8 Å². The number of ether oxygens (including phenoxy) is 1. The van der Waals surface area contributed by atoms with Crippen molar-refractivity contribution in [3.05, 3.63) is 48.0 Å². The van der Waals surface area contributed by atoms with Gasteiger partial charge in [0.2, 0.25) is 5.91 Å². The van der Waals surface area contributed by atoms with Crippen LogP contribution in [0.4, 0.5) is 0 Å². The van der Waals surface area contributed by atoms with Crippen LogP contribution in [0.5, 0.6) is 0 Å². The number of primary amides is 1. The third kappa shape index (κ3) is 5.05. The van der Waals surface area contributed by atoms with Crippen molar-refractivity contribution in [2.24, 2.45) is 5.73 Å². The zero-order valence-corrected chi connectivity index (χ0v) is 12.5. The Morgan fingerprint density at radius 2 is 1.86 bits per heavy atom. The summed E-state index contributed by atoms with van der Waals surface area (Å²) in [5.74, 6) is -1.47. The molecule has 0 aromatic heterocycles. The molecule has 1 aromatic carbocycles. The van der Waals surface area contributed by atoms with E-state index in [9.17, 15) is 14.4 Å². The molecule has 6 nitrogen and oxygen atoms in total. The number of carbonyl (C=O) groups is 3. The van der Waals surface area contributed by atoms with Crippen LogP contribution in [0.3, 0.4) is 0 Å². The number of hydrogen-bond acceptors (Lipinski definition) is 4. The van der Waals surface area contributed by atoms with Crippen LogP contribution >= 0.6 is 0 Å². The highest BCUT2D eigenvalue weighted by Gasteiger charge is 2.21. The van der Waals surface area contributed by atoms with Crippen molar-refractivity contribution in [1.82, 2.24) is 5.32 Å². The molecule has 0 bridgehead atoms. The molecule has 1 rings (SSSR count). The van der Waals surface area contributed by atoms with E-state index in [0.717, 1.165) is 0 Å². The molecular weight excluding hydrogens is 284 g/mol. The topological polar surface area (TPSA) is 98.5 Å². The minimum atomic E-state index is -0.735. The third-order valence-electron chi connectivity index (χ3n) is 2.97. The summed E-state index contributed by atoms with van der Waals surface area (Å²) in [6.07, 6.45) is 2.65. The van der Waals surface area contributed by atoms with Gasteiger partial charge in [-0.3, -0.25) is 9.59 Å². The number of nitrogens with two attached hydrogens (primary N) is 1. The van der Waals surface area contributed by atoms with Crippen molar-refractivity contribution < 1.29 is 19.1 Å². The lowest BCUT2D eigenvalue weighted by Crippen LogP contribution is -2.41. The van der Waals surface area contributed by atoms with E-state index in [1.807, 2.05) is 0 Å². The first-order valence-electron chi connectivity index (χ1n) is 6.97. The number of benzene rings is 1. The summed E-state index contributed by atoms with van der Waals surface area (Å²) >= 11 is 0. The van der Waals surface area contributed by atoms with Crippen molar-refractivity contribution in [3.63, 3.8) is 0 Å². The molecule has 0 aliphatic heterocycles. The molecule has 0 radical (unpaired) electrons. The van der Waals surface area contributed by atoms with Gasteiger partial charge in [0.05, 0.1) is 6.61 Å². The lowest BCUT2D eigenvalue weighted by molar-refractivity contribution is -0.145. The molecule has 1 unspecified atom stereocenters. The second kappa shape index (κ2) is 8.61. The molecule has 0 saturated heterocycles. The maximum atomic E-state index is 12.1. The maximum absolute atomic E-state index is 12.1. The number of allylic oxidation sites excluding steroid dienone is 1. The number of carbonyl (C=O) groups excluding carboxylic acids is 3. The van der Waals surface area contributed by atoms with Crippen LogP contribution in [0.15, 0.2) is 36.9 Å². The lowest BCUT2D eigenvalue weighted by atomic mass is 10.1. The minimum Gasteiger partial charge on any atom is -0.464 e. The highest BCUT2D eigenvalue weighted by Crippen LogP contribution is 2.07. The van der Waals surface area contributed by atoms with Gasteiger partial charge in [-0.1, -0.05) is 6.08 Å². The van der Waals surface area contributed by atoms with Gasteiger partial charge >= 0.3 is 5.97 Å². The van der Waals surface area contributed by atoms with E-state index in [1.165, 1.54) is 24.3 Å². The van der Waals surface area contributed by atoms with E-state index >= 15 is 0 Å². The van der Waals surface area contributed by atoms with Crippen LogP contribution in [-0.4, -0.2) is 30.4 Å². The van der Waals surface area contributed by atoms with E-state index in [2.05, 4.69) is 11.9 Å². The maximum Gasteiger partial charge on any atom is 0.328 e. The summed E-state index contributed by atoms with van der Waals surface area (Å²) in [7, 11) is 0. The molecular formula is C16H20N2O4. The molecule has 1 atom stereocenters. The average molecular weight is 304 g/mol. The monoisotopic (exact) mass is 304 g/mol. The molecule has 2 amide bonds. The number of amides is 2. The van der Waals surface area contributed by atoms with Crippen LogP contribution in [0.1, 0.15) is 40.5 Å². The van der Waals surface area contributed by atoms with Crippen molar-refractivity contribution in [1.29, 1.82) is 0 Å². The van der Waals surface area contributed by atoms with E-state index in [1.54, 1.807) is 13.0 Å². The Kier molecular flexibility index (Phi) is 6.82.